The first-order valence-corrected chi connectivity index (χ1v) is 8.73. The fourth-order valence-corrected chi connectivity index (χ4v) is 6.39. The molecule has 7 heteroatoms. The predicted molar refractivity (Wildman–Crippen MR) is 72.6 cm³/mol. The third-order valence-electron chi connectivity index (χ3n) is 3.40. The molecule has 4 nitrogen and oxygen atoms in total. The first kappa shape index (κ1) is 12.9. The number of nitrogens with zero attached hydrogens (tertiary/aromatic N) is 1. The zero-order valence-electron chi connectivity index (χ0n) is 9.95. The minimum atomic E-state index is -3.09. The predicted octanol–water partition coefficient (Wildman–Crippen LogP) is 1.07. The second kappa shape index (κ2) is 4.49. The number of fused-ring (bicyclic) bond motifs is 1. The van der Waals surface area contributed by atoms with E-state index in [1.807, 2.05) is 0 Å². The fourth-order valence-electron chi connectivity index (χ4n) is 2.57. The van der Waals surface area contributed by atoms with Crippen LogP contribution < -0.4 is 4.90 Å². The molecule has 2 atom stereocenters. The number of carbonyl (C=O) groups excluding carboxylic acids is 1. The molecule has 0 bridgehead atoms. The van der Waals surface area contributed by atoms with E-state index in [1.165, 1.54) is 40.9 Å². The lowest BCUT2D eigenvalue weighted by Crippen LogP contribution is -2.50. The molecule has 102 valence electrons. The maximum atomic E-state index is 12.9. The van der Waals surface area contributed by atoms with E-state index in [9.17, 15) is 17.6 Å². The van der Waals surface area contributed by atoms with Crippen LogP contribution in [0.5, 0.6) is 0 Å². The number of sulfone groups is 1. The van der Waals surface area contributed by atoms with Gasteiger partial charge in [-0.2, -0.15) is 0 Å². The van der Waals surface area contributed by atoms with Crippen molar-refractivity contribution < 1.29 is 17.6 Å². The zero-order chi connectivity index (χ0) is 13.6. The van der Waals surface area contributed by atoms with E-state index in [4.69, 9.17) is 0 Å². The molecule has 2 fully saturated rings. The van der Waals surface area contributed by atoms with E-state index in [1.54, 1.807) is 0 Å². The Kier molecular flexibility index (Phi) is 3.05. The Hall–Kier alpha value is -1.08. The van der Waals surface area contributed by atoms with Crippen LogP contribution in [0.1, 0.15) is 0 Å². The molecule has 0 N–H and O–H groups in total. The maximum absolute atomic E-state index is 12.9. The molecule has 19 heavy (non-hydrogen) atoms. The quantitative estimate of drug-likeness (QED) is 0.778. The van der Waals surface area contributed by atoms with Crippen LogP contribution in [0.4, 0.5) is 10.1 Å². The van der Waals surface area contributed by atoms with Crippen LogP contribution in [0.2, 0.25) is 0 Å². The summed E-state index contributed by atoms with van der Waals surface area (Å²) in [7, 11) is -3.09. The lowest BCUT2D eigenvalue weighted by Gasteiger charge is -2.36. The second-order valence-electron chi connectivity index (χ2n) is 4.73. The van der Waals surface area contributed by atoms with Crippen molar-refractivity contribution in [2.75, 3.05) is 22.2 Å². The molecule has 2 saturated heterocycles. The van der Waals surface area contributed by atoms with Crippen molar-refractivity contribution in [1.29, 1.82) is 0 Å². The van der Waals surface area contributed by atoms with Crippen LogP contribution in [0, 0.1) is 5.82 Å². The molecular weight excluding hydrogens is 289 g/mol. The van der Waals surface area contributed by atoms with Gasteiger partial charge in [0.1, 0.15) is 5.82 Å². The summed E-state index contributed by atoms with van der Waals surface area (Å²) < 4.78 is 36.4. The van der Waals surface area contributed by atoms with Gasteiger partial charge in [-0.3, -0.25) is 4.79 Å². The summed E-state index contributed by atoms with van der Waals surface area (Å²) in [6, 6.07) is 5.27. The highest BCUT2D eigenvalue weighted by Crippen LogP contribution is 2.36. The van der Waals surface area contributed by atoms with Gasteiger partial charge in [-0.15, -0.1) is 11.8 Å². The zero-order valence-corrected chi connectivity index (χ0v) is 11.6. The van der Waals surface area contributed by atoms with E-state index in [-0.39, 0.29) is 40.3 Å². The number of anilines is 1. The molecule has 1 aromatic rings. The topological polar surface area (TPSA) is 54.5 Å². The van der Waals surface area contributed by atoms with Gasteiger partial charge in [0.2, 0.25) is 5.91 Å². The minimum absolute atomic E-state index is 0.00617. The third-order valence-corrected chi connectivity index (χ3v) is 6.65. The van der Waals surface area contributed by atoms with Gasteiger partial charge in [-0.05, 0) is 24.3 Å². The van der Waals surface area contributed by atoms with Gasteiger partial charge in [-0.25, -0.2) is 12.8 Å². The SMILES string of the molecule is O=C1CSC2CS(=O)(=O)CC2N1c1ccc(F)cc1. The third kappa shape index (κ3) is 2.36. The molecule has 0 radical (unpaired) electrons. The van der Waals surface area contributed by atoms with Gasteiger partial charge >= 0.3 is 0 Å². The van der Waals surface area contributed by atoms with Crippen LogP contribution in [0.25, 0.3) is 0 Å². The van der Waals surface area contributed by atoms with Gasteiger partial charge < -0.3 is 4.90 Å². The molecule has 1 aromatic carbocycles. The van der Waals surface area contributed by atoms with E-state index in [2.05, 4.69) is 0 Å². The monoisotopic (exact) mass is 301 g/mol. The number of amides is 1. The molecule has 0 aliphatic carbocycles. The minimum Gasteiger partial charge on any atom is -0.306 e. The summed E-state index contributed by atoms with van der Waals surface area (Å²) in [5, 5.41) is -0.0762. The summed E-state index contributed by atoms with van der Waals surface area (Å²) in [5.41, 5.74) is 0.568. The number of benzene rings is 1. The molecule has 3 rings (SSSR count). The molecule has 2 heterocycles. The highest BCUT2D eigenvalue weighted by Gasteiger charge is 2.46. The van der Waals surface area contributed by atoms with Crippen molar-refractivity contribution in [3.63, 3.8) is 0 Å². The number of halogens is 1. The molecule has 0 saturated carbocycles. The molecular formula is C12H12FNO3S2. The fraction of sp³-hybridized carbons (Fsp3) is 0.417. The largest absolute Gasteiger partial charge is 0.306 e. The Morgan fingerprint density at radius 3 is 2.58 bits per heavy atom. The van der Waals surface area contributed by atoms with Gasteiger partial charge in [0.05, 0.1) is 23.3 Å². The van der Waals surface area contributed by atoms with E-state index < -0.39 is 9.84 Å². The van der Waals surface area contributed by atoms with Crippen molar-refractivity contribution in [2.24, 2.45) is 0 Å². The van der Waals surface area contributed by atoms with Crippen LogP contribution in [-0.2, 0) is 14.6 Å². The summed E-state index contributed by atoms with van der Waals surface area (Å²) in [6.45, 7) is 0. The molecule has 0 spiro atoms. The number of thioether (sulfide) groups is 1. The van der Waals surface area contributed by atoms with Gasteiger partial charge in [0.25, 0.3) is 0 Å². The number of rotatable bonds is 1. The standard InChI is InChI=1S/C12H12FNO3S2/c13-8-1-3-9(4-2-8)14-10-6-19(16,17)7-11(10)18-5-12(14)15/h1-4,10-11H,5-7H2. The lowest BCUT2D eigenvalue weighted by molar-refractivity contribution is -0.116. The first-order valence-electron chi connectivity index (χ1n) is 5.86. The van der Waals surface area contributed by atoms with Crippen molar-refractivity contribution in [3.8, 4) is 0 Å². The summed E-state index contributed by atoms with van der Waals surface area (Å²) in [6.07, 6.45) is 0. The van der Waals surface area contributed by atoms with Gasteiger partial charge in [-0.1, -0.05) is 0 Å². The number of carbonyl (C=O) groups is 1. The maximum Gasteiger partial charge on any atom is 0.237 e. The second-order valence-corrected chi connectivity index (χ2v) is 8.12. The molecule has 2 unspecified atom stereocenters. The number of hydrogen-bond donors (Lipinski definition) is 0. The van der Waals surface area contributed by atoms with Crippen LogP contribution in [-0.4, -0.2) is 42.9 Å². The first-order chi connectivity index (χ1) is 8.96. The molecule has 2 aliphatic rings. The van der Waals surface area contributed by atoms with Crippen LogP contribution in [0.15, 0.2) is 24.3 Å². The van der Waals surface area contributed by atoms with Crippen molar-refractivity contribution in [2.45, 2.75) is 11.3 Å². The van der Waals surface area contributed by atoms with Crippen LogP contribution >= 0.6 is 11.8 Å². The summed E-state index contributed by atoms with van der Waals surface area (Å²) in [4.78, 5) is 13.6. The molecule has 1 amide bonds. The van der Waals surface area contributed by atoms with Crippen molar-refractivity contribution in [1.82, 2.24) is 0 Å². The Morgan fingerprint density at radius 2 is 1.89 bits per heavy atom. The summed E-state index contributed by atoms with van der Waals surface area (Å²) >= 11 is 1.40. The Balaban J connectivity index is 1.98. The Labute approximate surface area is 114 Å². The highest BCUT2D eigenvalue weighted by molar-refractivity contribution is 8.02. The normalized spacial score (nSPS) is 29.3. The van der Waals surface area contributed by atoms with Crippen molar-refractivity contribution >= 4 is 33.2 Å². The Bertz CT molecular complexity index is 614. The Morgan fingerprint density at radius 1 is 1.21 bits per heavy atom. The smallest absolute Gasteiger partial charge is 0.237 e. The average Bonchev–Trinajstić information content (AvgIpc) is 2.65. The molecule has 0 aromatic heterocycles. The van der Waals surface area contributed by atoms with Crippen molar-refractivity contribution in [3.05, 3.63) is 30.1 Å². The summed E-state index contributed by atoms with van der Waals surface area (Å²) in [5.74, 6) is -0.108. The average molecular weight is 301 g/mol. The van der Waals surface area contributed by atoms with Gasteiger partial charge in [0, 0.05) is 10.9 Å². The van der Waals surface area contributed by atoms with E-state index in [0.717, 1.165) is 0 Å². The highest BCUT2D eigenvalue weighted by atomic mass is 32.2. The van der Waals surface area contributed by atoms with Gasteiger partial charge in [0.15, 0.2) is 9.84 Å². The number of hydrogen-bond acceptors (Lipinski definition) is 4. The van der Waals surface area contributed by atoms with E-state index >= 15 is 0 Å². The van der Waals surface area contributed by atoms with E-state index in [0.29, 0.717) is 5.69 Å². The lowest BCUT2D eigenvalue weighted by atomic mass is 10.1. The van der Waals surface area contributed by atoms with Crippen LogP contribution in [0.3, 0.4) is 0 Å². The molecule has 2 aliphatic heterocycles.